The Morgan fingerprint density at radius 1 is 1.27 bits per heavy atom. The van der Waals surface area contributed by atoms with Crippen LogP contribution in [0.15, 0.2) is 35.9 Å². The molecule has 2 rings (SSSR count). The Morgan fingerprint density at radius 2 is 2.00 bits per heavy atom. The number of benzene rings is 1. The summed E-state index contributed by atoms with van der Waals surface area (Å²) in [5, 5.41) is 11.6. The molecule has 3 nitrogen and oxygen atoms in total. The lowest BCUT2D eigenvalue weighted by Crippen LogP contribution is -2.30. The van der Waals surface area contributed by atoms with Crippen LogP contribution in [-0.4, -0.2) is 28.8 Å². The molecule has 30 heavy (non-hydrogen) atoms. The molecule has 0 saturated heterocycles. The highest BCUT2D eigenvalue weighted by Crippen LogP contribution is 2.47. The van der Waals surface area contributed by atoms with Gasteiger partial charge in [0.05, 0.1) is 0 Å². The van der Waals surface area contributed by atoms with E-state index in [0.717, 1.165) is 55.3 Å². The van der Waals surface area contributed by atoms with Gasteiger partial charge in [-0.25, -0.2) is 0 Å². The Kier molecular flexibility index (Phi) is 9.41. The Hall–Kier alpha value is -1.81. The minimum atomic E-state index is 0.0511. The lowest BCUT2D eigenvalue weighted by molar-refractivity contribution is 0.384. The molecule has 0 heterocycles. The highest BCUT2D eigenvalue weighted by atomic mass is 32.1. The Bertz CT molecular complexity index is 783. The van der Waals surface area contributed by atoms with Crippen LogP contribution in [0, 0.1) is 5.92 Å². The molecule has 4 heteroatoms. The molecule has 0 aliphatic heterocycles. The van der Waals surface area contributed by atoms with Crippen LogP contribution >= 0.6 is 12.2 Å². The molecule has 0 spiro atoms. The molecule has 0 fully saturated rings. The van der Waals surface area contributed by atoms with Gasteiger partial charge in [0.25, 0.3) is 5.17 Å². The molecule has 1 aromatic carbocycles. The van der Waals surface area contributed by atoms with Crippen molar-refractivity contribution in [3.8, 4) is 11.5 Å². The second-order valence-electron chi connectivity index (χ2n) is 8.80. The fourth-order valence-electron chi connectivity index (χ4n) is 4.32. The molecule has 166 valence electrons. The van der Waals surface area contributed by atoms with Gasteiger partial charge < -0.3 is 14.7 Å². The van der Waals surface area contributed by atoms with Crippen LogP contribution in [-0.2, 0) is 6.42 Å². The summed E-state index contributed by atoms with van der Waals surface area (Å²) in [5.41, 5.74) is 4.44. The fraction of sp³-hybridized carbons (Fsp3) is 0.577. The number of hydrogen-bond donors (Lipinski definition) is 1. The molecule has 0 bridgehead atoms. The SMILES string of the molecule is C=C(C)[C@@H]1CCC(C)=C[C@H]1c1c(O)cc(CCCCC)cc1OC(=S)N(C)CCC. The van der Waals surface area contributed by atoms with Gasteiger partial charge in [0, 0.05) is 25.1 Å². The van der Waals surface area contributed by atoms with Crippen molar-refractivity contribution in [2.75, 3.05) is 13.6 Å². The predicted octanol–water partition coefficient (Wildman–Crippen LogP) is 7.15. The lowest BCUT2D eigenvalue weighted by atomic mass is 9.73. The second-order valence-corrected chi connectivity index (χ2v) is 9.15. The first-order valence-electron chi connectivity index (χ1n) is 11.4. The number of unbranched alkanes of at least 4 members (excludes halogenated alkanes) is 2. The molecule has 0 saturated carbocycles. The largest absolute Gasteiger partial charge is 0.507 e. The van der Waals surface area contributed by atoms with E-state index in [2.05, 4.69) is 46.4 Å². The van der Waals surface area contributed by atoms with Gasteiger partial charge in [0.1, 0.15) is 11.5 Å². The van der Waals surface area contributed by atoms with Gasteiger partial charge in [0.15, 0.2) is 0 Å². The number of aryl methyl sites for hydroxylation is 1. The third kappa shape index (κ3) is 6.34. The number of allylic oxidation sites excluding steroid dienone is 3. The number of phenolic OH excluding ortho intramolecular Hbond substituents is 1. The minimum absolute atomic E-state index is 0.0511. The highest BCUT2D eigenvalue weighted by Gasteiger charge is 2.31. The number of thiocarbonyl (C=S) groups is 1. The number of nitrogens with zero attached hydrogens (tertiary/aromatic N) is 1. The molecule has 1 aromatic rings. The minimum Gasteiger partial charge on any atom is -0.507 e. The van der Waals surface area contributed by atoms with E-state index in [1.54, 1.807) is 0 Å². The number of aromatic hydroxyl groups is 1. The van der Waals surface area contributed by atoms with Crippen LogP contribution in [0.25, 0.3) is 0 Å². The van der Waals surface area contributed by atoms with Crippen molar-refractivity contribution >= 4 is 17.4 Å². The molecule has 1 aliphatic rings. The van der Waals surface area contributed by atoms with Crippen molar-refractivity contribution in [3.63, 3.8) is 0 Å². The third-order valence-electron chi connectivity index (χ3n) is 6.03. The summed E-state index contributed by atoms with van der Waals surface area (Å²) in [6, 6.07) is 4.01. The van der Waals surface area contributed by atoms with Crippen LogP contribution in [0.1, 0.15) is 83.3 Å². The summed E-state index contributed by atoms with van der Waals surface area (Å²) in [6.07, 6.45) is 9.77. The van der Waals surface area contributed by atoms with E-state index in [-0.39, 0.29) is 11.8 Å². The second kappa shape index (κ2) is 11.5. The standard InChI is InChI=1S/C26H39NO2S/c1-7-9-10-11-20-16-23(28)25(22-15-19(5)12-13-21(22)18(3)4)24(17-20)29-26(30)27(6)14-8-2/h15-17,21-22,28H,3,7-14H2,1-2,4-6H3/t21-,22+/m0/s1. The van der Waals surface area contributed by atoms with Gasteiger partial charge in [-0.05, 0) is 81.8 Å². The molecular formula is C26H39NO2S. The van der Waals surface area contributed by atoms with E-state index in [1.165, 1.54) is 18.4 Å². The van der Waals surface area contributed by atoms with E-state index in [1.807, 2.05) is 18.0 Å². The van der Waals surface area contributed by atoms with Crippen molar-refractivity contribution < 1.29 is 9.84 Å². The Labute approximate surface area is 188 Å². The summed E-state index contributed by atoms with van der Waals surface area (Å²) < 4.78 is 6.24. The molecule has 0 radical (unpaired) electrons. The number of ether oxygens (including phenoxy) is 1. The zero-order chi connectivity index (χ0) is 22.3. The van der Waals surface area contributed by atoms with E-state index in [4.69, 9.17) is 17.0 Å². The number of hydrogen-bond acceptors (Lipinski definition) is 3. The van der Waals surface area contributed by atoms with Gasteiger partial charge in [-0.15, -0.1) is 0 Å². The van der Waals surface area contributed by atoms with Gasteiger partial charge >= 0.3 is 0 Å². The van der Waals surface area contributed by atoms with Crippen LogP contribution in [0.4, 0.5) is 0 Å². The van der Waals surface area contributed by atoms with Crippen molar-refractivity contribution in [3.05, 3.63) is 47.1 Å². The third-order valence-corrected chi connectivity index (χ3v) is 6.43. The van der Waals surface area contributed by atoms with Gasteiger partial charge in [-0.3, -0.25) is 0 Å². The average molecular weight is 430 g/mol. The summed E-state index contributed by atoms with van der Waals surface area (Å²) in [4.78, 5) is 1.96. The van der Waals surface area contributed by atoms with Crippen LogP contribution in [0.5, 0.6) is 11.5 Å². The molecule has 2 atom stereocenters. The number of phenols is 1. The summed E-state index contributed by atoms with van der Waals surface area (Å²) >= 11 is 5.57. The van der Waals surface area contributed by atoms with Crippen molar-refractivity contribution in [1.29, 1.82) is 0 Å². The van der Waals surface area contributed by atoms with E-state index >= 15 is 0 Å². The molecule has 1 N–H and O–H groups in total. The Balaban J connectivity index is 2.49. The number of rotatable bonds is 9. The molecular weight excluding hydrogens is 390 g/mol. The quantitative estimate of drug-likeness (QED) is 0.257. The summed E-state index contributed by atoms with van der Waals surface area (Å²) in [7, 11) is 1.96. The summed E-state index contributed by atoms with van der Waals surface area (Å²) in [5.74, 6) is 1.34. The van der Waals surface area contributed by atoms with Gasteiger partial charge in [-0.1, -0.05) is 50.5 Å². The normalized spacial score (nSPS) is 18.6. The molecule has 0 unspecified atom stereocenters. The maximum Gasteiger partial charge on any atom is 0.264 e. The first kappa shape index (κ1) is 24.5. The summed E-state index contributed by atoms with van der Waals surface area (Å²) in [6.45, 7) is 13.6. The smallest absolute Gasteiger partial charge is 0.264 e. The van der Waals surface area contributed by atoms with E-state index in [9.17, 15) is 5.11 Å². The zero-order valence-electron chi connectivity index (χ0n) is 19.5. The van der Waals surface area contributed by atoms with E-state index < -0.39 is 0 Å². The van der Waals surface area contributed by atoms with Gasteiger partial charge in [0.2, 0.25) is 0 Å². The van der Waals surface area contributed by atoms with E-state index in [0.29, 0.717) is 16.7 Å². The molecule has 1 aliphatic carbocycles. The van der Waals surface area contributed by atoms with Crippen molar-refractivity contribution in [2.45, 2.75) is 78.6 Å². The van der Waals surface area contributed by atoms with Crippen LogP contribution in [0.2, 0.25) is 0 Å². The van der Waals surface area contributed by atoms with Gasteiger partial charge in [-0.2, -0.15) is 0 Å². The predicted molar refractivity (Wildman–Crippen MR) is 132 cm³/mol. The van der Waals surface area contributed by atoms with Crippen molar-refractivity contribution in [2.24, 2.45) is 5.92 Å². The topological polar surface area (TPSA) is 32.7 Å². The molecule has 0 amide bonds. The van der Waals surface area contributed by atoms with Crippen LogP contribution in [0.3, 0.4) is 0 Å². The first-order valence-corrected chi connectivity index (χ1v) is 11.8. The monoisotopic (exact) mass is 429 g/mol. The molecule has 0 aromatic heterocycles. The maximum atomic E-state index is 11.1. The van der Waals surface area contributed by atoms with Crippen LogP contribution < -0.4 is 4.74 Å². The maximum absolute atomic E-state index is 11.1. The average Bonchev–Trinajstić information content (AvgIpc) is 2.68. The zero-order valence-corrected chi connectivity index (χ0v) is 20.3. The lowest BCUT2D eigenvalue weighted by Gasteiger charge is -2.32. The van der Waals surface area contributed by atoms with Crippen molar-refractivity contribution in [1.82, 2.24) is 4.90 Å². The Morgan fingerprint density at radius 3 is 2.63 bits per heavy atom. The highest BCUT2D eigenvalue weighted by molar-refractivity contribution is 7.80. The fourth-order valence-corrected chi connectivity index (χ4v) is 4.50. The first-order chi connectivity index (χ1) is 14.3.